The van der Waals surface area contributed by atoms with Gasteiger partial charge in [0.15, 0.2) is 0 Å². The van der Waals surface area contributed by atoms with Gasteiger partial charge in [-0.05, 0) is 30.5 Å². The van der Waals surface area contributed by atoms with E-state index in [2.05, 4.69) is 5.32 Å². The molecule has 148 valence electrons. The average Bonchev–Trinajstić information content (AvgIpc) is 2.56. The summed E-state index contributed by atoms with van der Waals surface area (Å²) in [6.07, 6.45) is 0. The van der Waals surface area contributed by atoms with Crippen molar-refractivity contribution in [3.63, 3.8) is 0 Å². The number of nitrogens with one attached hydrogen (secondary N) is 1. The summed E-state index contributed by atoms with van der Waals surface area (Å²) in [7, 11) is -2.15. The van der Waals surface area contributed by atoms with Crippen molar-refractivity contribution >= 4 is 34.2 Å². The second-order valence-electron chi connectivity index (χ2n) is 6.28. The van der Waals surface area contributed by atoms with Gasteiger partial charge in [-0.2, -0.15) is 0 Å². The Bertz CT molecular complexity index is 722. The SMILES string of the molecule is CC(C)[C@H](N)C(=O)NCC(=O)N(C)C(C)c1ccc(S(N)(=O)=O)cc1.Cl. The normalized spacial score (nSPS) is 13.5. The molecular formula is C16H27ClN4O4S. The van der Waals surface area contributed by atoms with Gasteiger partial charge < -0.3 is 16.0 Å². The third-order valence-corrected chi connectivity index (χ3v) is 5.03. The van der Waals surface area contributed by atoms with Gasteiger partial charge in [-0.1, -0.05) is 26.0 Å². The third kappa shape index (κ3) is 6.56. The van der Waals surface area contributed by atoms with E-state index in [1.807, 2.05) is 13.8 Å². The number of benzene rings is 1. The molecule has 1 unspecified atom stereocenters. The molecular weight excluding hydrogens is 380 g/mol. The molecule has 0 saturated heterocycles. The van der Waals surface area contributed by atoms with Gasteiger partial charge in [-0.25, -0.2) is 13.6 Å². The van der Waals surface area contributed by atoms with Crippen LogP contribution in [0.2, 0.25) is 0 Å². The first-order chi connectivity index (χ1) is 11.4. The van der Waals surface area contributed by atoms with E-state index in [1.165, 1.54) is 17.0 Å². The molecule has 1 aromatic carbocycles. The van der Waals surface area contributed by atoms with Crippen LogP contribution in [0.5, 0.6) is 0 Å². The predicted octanol–water partition coefficient (Wildman–Crippen LogP) is 0.375. The maximum atomic E-state index is 12.2. The van der Waals surface area contributed by atoms with Crippen LogP contribution in [0.15, 0.2) is 29.2 Å². The Morgan fingerprint density at radius 3 is 2.08 bits per heavy atom. The van der Waals surface area contributed by atoms with Crippen molar-refractivity contribution in [3.05, 3.63) is 29.8 Å². The van der Waals surface area contributed by atoms with Crippen molar-refractivity contribution in [1.82, 2.24) is 10.2 Å². The van der Waals surface area contributed by atoms with Crippen molar-refractivity contribution < 1.29 is 18.0 Å². The van der Waals surface area contributed by atoms with E-state index in [9.17, 15) is 18.0 Å². The quantitative estimate of drug-likeness (QED) is 0.601. The van der Waals surface area contributed by atoms with Crippen molar-refractivity contribution in [2.24, 2.45) is 16.8 Å². The zero-order chi connectivity index (χ0) is 19.4. The Morgan fingerprint density at radius 2 is 1.65 bits per heavy atom. The number of likely N-dealkylation sites (N-methyl/N-ethyl adjacent to an activating group) is 1. The first-order valence-electron chi connectivity index (χ1n) is 7.86. The van der Waals surface area contributed by atoms with Crippen molar-refractivity contribution in [1.29, 1.82) is 0 Å². The van der Waals surface area contributed by atoms with Gasteiger partial charge in [0.05, 0.1) is 23.5 Å². The molecule has 0 aliphatic rings. The number of nitrogens with two attached hydrogens (primary N) is 2. The van der Waals surface area contributed by atoms with Crippen molar-refractivity contribution in [2.45, 2.75) is 37.8 Å². The van der Waals surface area contributed by atoms with Crippen LogP contribution in [-0.2, 0) is 19.6 Å². The fourth-order valence-electron chi connectivity index (χ4n) is 2.08. The number of sulfonamides is 1. The molecule has 0 aliphatic heterocycles. The highest BCUT2D eigenvalue weighted by atomic mass is 35.5. The molecule has 1 rings (SSSR count). The molecule has 26 heavy (non-hydrogen) atoms. The lowest BCUT2D eigenvalue weighted by molar-refractivity contribution is -0.133. The van der Waals surface area contributed by atoms with Crippen molar-refractivity contribution in [2.75, 3.05) is 13.6 Å². The summed E-state index contributed by atoms with van der Waals surface area (Å²) in [6.45, 7) is 5.29. The molecule has 10 heteroatoms. The van der Waals surface area contributed by atoms with Gasteiger partial charge in [0.25, 0.3) is 0 Å². The van der Waals surface area contributed by atoms with E-state index in [0.29, 0.717) is 0 Å². The first-order valence-corrected chi connectivity index (χ1v) is 9.41. The minimum atomic E-state index is -3.76. The summed E-state index contributed by atoms with van der Waals surface area (Å²) < 4.78 is 22.5. The minimum absolute atomic E-state index is 0. The highest BCUT2D eigenvalue weighted by Gasteiger charge is 2.21. The fourth-order valence-corrected chi connectivity index (χ4v) is 2.60. The molecule has 0 bridgehead atoms. The van der Waals surface area contributed by atoms with Gasteiger partial charge in [0.2, 0.25) is 21.8 Å². The Kier molecular flexibility index (Phi) is 9.23. The monoisotopic (exact) mass is 406 g/mol. The van der Waals surface area contributed by atoms with Gasteiger partial charge in [0, 0.05) is 7.05 Å². The standard InChI is InChI=1S/C16H26N4O4S.ClH/c1-10(2)15(17)16(22)19-9-14(21)20(4)11(3)12-5-7-13(8-6-12)25(18,23)24;/h5-8,10-11,15H,9,17H2,1-4H3,(H,19,22)(H2,18,23,24);1H/t11?,15-;/m0./s1. The number of hydrogen-bond donors (Lipinski definition) is 3. The summed E-state index contributed by atoms with van der Waals surface area (Å²) in [6, 6.07) is 5.01. The van der Waals surface area contributed by atoms with Crippen LogP contribution in [0.1, 0.15) is 32.4 Å². The number of nitrogens with zero attached hydrogens (tertiary/aromatic N) is 1. The molecule has 0 aromatic heterocycles. The fraction of sp³-hybridized carbons (Fsp3) is 0.500. The molecule has 0 heterocycles. The van der Waals surface area contributed by atoms with Crippen LogP contribution in [-0.4, -0.2) is 44.8 Å². The molecule has 0 spiro atoms. The van der Waals surface area contributed by atoms with Gasteiger partial charge in [-0.15, -0.1) is 12.4 Å². The van der Waals surface area contributed by atoms with E-state index < -0.39 is 16.1 Å². The van der Waals surface area contributed by atoms with Gasteiger partial charge in [0.1, 0.15) is 0 Å². The smallest absolute Gasteiger partial charge is 0.242 e. The highest BCUT2D eigenvalue weighted by molar-refractivity contribution is 7.89. The Hall–Kier alpha value is -1.68. The zero-order valence-electron chi connectivity index (χ0n) is 15.3. The van der Waals surface area contributed by atoms with Crippen LogP contribution >= 0.6 is 12.4 Å². The molecule has 2 amide bonds. The third-order valence-electron chi connectivity index (χ3n) is 4.10. The van der Waals surface area contributed by atoms with Crippen LogP contribution in [0.4, 0.5) is 0 Å². The molecule has 1 aromatic rings. The summed E-state index contributed by atoms with van der Waals surface area (Å²) in [5.74, 6) is -0.682. The predicted molar refractivity (Wildman–Crippen MR) is 102 cm³/mol. The Morgan fingerprint density at radius 1 is 1.15 bits per heavy atom. The largest absolute Gasteiger partial charge is 0.346 e. The second-order valence-corrected chi connectivity index (χ2v) is 7.84. The number of hydrogen-bond acceptors (Lipinski definition) is 5. The molecule has 0 fully saturated rings. The van der Waals surface area contributed by atoms with E-state index in [0.717, 1.165) is 5.56 Å². The molecule has 5 N–H and O–H groups in total. The van der Waals surface area contributed by atoms with Crippen LogP contribution in [0.25, 0.3) is 0 Å². The lowest BCUT2D eigenvalue weighted by Gasteiger charge is -2.26. The lowest BCUT2D eigenvalue weighted by Crippen LogP contribution is -2.47. The van der Waals surface area contributed by atoms with Crippen molar-refractivity contribution in [3.8, 4) is 0 Å². The second kappa shape index (κ2) is 9.86. The van der Waals surface area contributed by atoms with Gasteiger partial charge >= 0.3 is 0 Å². The Balaban J connectivity index is 0.00000625. The Labute approximate surface area is 160 Å². The number of carbonyl (C=O) groups excluding carboxylic acids is 2. The molecule has 0 radical (unpaired) electrons. The highest BCUT2D eigenvalue weighted by Crippen LogP contribution is 2.20. The van der Waals surface area contributed by atoms with Crippen LogP contribution in [0, 0.1) is 5.92 Å². The van der Waals surface area contributed by atoms with E-state index >= 15 is 0 Å². The lowest BCUT2D eigenvalue weighted by atomic mass is 10.1. The van der Waals surface area contributed by atoms with Crippen LogP contribution < -0.4 is 16.2 Å². The van der Waals surface area contributed by atoms with Crippen LogP contribution in [0.3, 0.4) is 0 Å². The number of rotatable bonds is 7. The molecule has 0 saturated carbocycles. The summed E-state index contributed by atoms with van der Waals surface area (Å²) in [4.78, 5) is 25.5. The molecule has 0 aliphatic carbocycles. The summed E-state index contributed by atoms with van der Waals surface area (Å²) >= 11 is 0. The maximum absolute atomic E-state index is 12.2. The summed E-state index contributed by atoms with van der Waals surface area (Å²) in [5, 5.41) is 7.59. The topological polar surface area (TPSA) is 136 Å². The zero-order valence-corrected chi connectivity index (χ0v) is 16.9. The maximum Gasteiger partial charge on any atom is 0.242 e. The van der Waals surface area contributed by atoms with E-state index in [-0.39, 0.29) is 47.6 Å². The average molecular weight is 407 g/mol. The van der Waals surface area contributed by atoms with E-state index in [4.69, 9.17) is 10.9 Å². The van der Waals surface area contributed by atoms with E-state index in [1.54, 1.807) is 26.1 Å². The molecule has 2 atom stereocenters. The first kappa shape index (κ1) is 24.3. The number of halogens is 1. The number of primary sulfonamides is 1. The minimum Gasteiger partial charge on any atom is -0.346 e. The summed E-state index contributed by atoms with van der Waals surface area (Å²) in [5.41, 5.74) is 6.47. The van der Waals surface area contributed by atoms with Gasteiger partial charge in [-0.3, -0.25) is 9.59 Å². The molecule has 8 nitrogen and oxygen atoms in total. The number of carbonyl (C=O) groups is 2. The number of amides is 2.